The number of rotatable bonds is 1. The first-order chi connectivity index (χ1) is 7.08. The van der Waals surface area contributed by atoms with Crippen LogP contribution >= 0.6 is 0 Å². The third-order valence-electron chi connectivity index (χ3n) is 3.53. The number of dihydropyridines is 1. The minimum Gasteiger partial charge on any atom is -0.501 e. The van der Waals surface area contributed by atoms with Gasteiger partial charge in [0.2, 0.25) is 0 Å². The second kappa shape index (κ2) is 3.37. The number of allylic oxidation sites excluding steroid dienone is 5. The van der Waals surface area contributed by atoms with Crippen molar-refractivity contribution < 1.29 is 4.74 Å². The number of aliphatic imine (C=N–C) groups is 1. The lowest BCUT2D eigenvalue weighted by Gasteiger charge is -2.36. The molecule has 15 heavy (non-hydrogen) atoms. The van der Waals surface area contributed by atoms with Crippen LogP contribution in [0.2, 0.25) is 0 Å². The lowest BCUT2D eigenvalue weighted by atomic mass is 9.72. The standard InChI is InChI=1S/C13H17NO/c1-9-7-12-13(3,8-11(9)15-4)10(2)5-6-14-12/h5-7H,8H2,1-4H3. The summed E-state index contributed by atoms with van der Waals surface area (Å²) >= 11 is 0. The Morgan fingerprint density at radius 3 is 2.80 bits per heavy atom. The molecule has 1 aliphatic carbocycles. The smallest absolute Gasteiger partial charge is 0.0997 e. The van der Waals surface area contributed by atoms with E-state index in [9.17, 15) is 0 Å². The minimum absolute atomic E-state index is 0.0274. The van der Waals surface area contributed by atoms with E-state index in [-0.39, 0.29) is 5.41 Å². The number of fused-ring (bicyclic) bond motifs is 1. The van der Waals surface area contributed by atoms with Crippen LogP contribution in [0, 0.1) is 5.41 Å². The number of ether oxygens (including phenoxy) is 1. The third-order valence-corrected chi connectivity index (χ3v) is 3.53. The molecule has 0 aromatic heterocycles. The molecule has 0 saturated heterocycles. The Hall–Kier alpha value is -1.31. The molecular formula is C13H17NO. The van der Waals surface area contributed by atoms with Crippen LogP contribution in [0.5, 0.6) is 0 Å². The third kappa shape index (κ3) is 1.44. The summed E-state index contributed by atoms with van der Waals surface area (Å²) in [5, 5.41) is 0. The molecule has 0 radical (unpaired) electrons. The van der Waals surface area contributed by atoms with Crippen LogP contribution in [0.3, 0.4) is 0 Å². The molecule has 2 nitrogen and oxygen atoms in total. The Bertz CT molecular complexity index is 412. The Labute approximate surface area is 91.0 Å². The molecule has 0 amide bonds. The molecule has 1 unspecified atom stereocenters. The van der Waals surface area contributed by atoms with Gasteiger partial charge in [-0.2, -0.15) is 0 Å². The number of methoxy groups -OCH3 is 1. The molecule has 0 bridgehead atoms. The Morgan fingerprint density at radius 2 is 2.13 bits per heavy atom. The van der Waals surface area contributed by atoms with Gasteiger partial charge in [-0.1, -0.05) is 5.57 Å². The van der Waals surface area contributed by atoms with Crippen LogP contribution in [0.1, 0.15) is 27.2 Å². The van der Waals surface area contributed by atoms with E-state index in [4.69, 9.17) is 4.74 Å². The Kier molecular flexibility index (Phi) is 2.29. The van der Waals surface area contributed by atoms with Gasteiger partial charge in [0.05, 0.1) is 18.6 Å². The summed E-state index contributed by atoms with van der Waals surface area (Å²) in [6.07, 6.45) is 7.02. The van der Waals surface area contributed by atoms with Gasteiger partial charge in [0.25, 0.3) is 0 Å². The molecule has 80 valence electrons. The summed E-state index contributed by atoms with van der Waals surface area (Å²) < 4.78 is 5.42. The van der Waals surface area contributed by atoms with Crippen LogP contribution in [0.15, 0.2) is 39.7 Å². The van der Waals surface area contributed by atoms with Crippen LogP contribution in [-0.2, 0) is 4.74 Å². The average Bonchev–Trinajstić information content (AvgIpc) is 2.21. The first-order valence-corrected chi connectivity index (χ1v) is 5.25. The number of nitrogens with zero attached hydrogens (tertiary/aromatic N) is 1. The highest BCUT2D eigenvalue weighted by Gasteiger charge is 2.36. The lowest BCUT2D eigenvalue weighted by Crippen LogP contribution is -2.26. The number of hydrogen-bond donors (Lipinski definition) is 0. The second-order valence-electron chi connectivity index (χ2n) is 4.48. The predicted octanol–water partition coefficient (Wildman–Crippen LogP) is 3.23. The maximum Gasteiger partial charge on any atom is 0.0997 e. The van der Waals surface area contributed by atoms with Gasteiger partial charge >= 0.3 is 0 Å². The SMILES string of the molecule is COC1=C(C)C=C2N=CC=C(C)C2(C)C1. The summed E-state index contributed by atoms with van der Waals surface area (Å²) in [5.74, 6) is 1.08. The molecule has 1 heterocycles. The van der Waals surface area contributed by atoms with Crippen molar-refractivity contribution in [3.8, 4) is 0 Å². The second-order valence-corrected chi connectivity index (χ2v) is 4.48. The lowest BCUT2D eigenvalue weighted by molar-refractivity contribution is 0.241. The van der Waals surface area contributed by atoms with Crippen molar-refractivity contribution >= 4 is 6.21 Å². The van der Waals surface area contributed by atoms with Gasteiger partial charge in [-0.25, -0.2) is 0 Å². The molecule has 0 spiro atoms. The van der Waals surface area contributed by atoms with Crippen molar-refractivity contribution in [3.05, 3.63) is 34.8 Å². The Balaban J connectivity index is 2.49. The molecule has 0 aromatic carbocycles. The van der Waals surface area contributed by atoms with E-state index in [1.807, 2.05) is 6.21 Å². The highest BCUT2D eigenvalue weighted by atomic mass is 16.5. The van der Waals surface area contributed by atoms with E-state index in [0.29, 0.717) is 0 Å². The maximum absolute atomic E-state index is 5.42. The molecule has 2 aliphatic rings. The van der Waals surface area contributed by atoms with Crippen molar-refractivity contribution in [3.63, 3.8) is 0 Å². The molecule has 2 rings (SSSR count). The first-order valence-electron chi connectivity index (χ1n) is 5.25. The molecule has 1 atom stereocenters. The van der Waals surface area contributed by atoms with E-state index >= 15 is 0 Å². The molecule has 2 heteroatoms. The fourth-order valence-electron chi connectivity index (χ4n) is 2.16. The summed E-state index contributed by atoms with van der Waals surface area (Å²) in [6, 6.07) is 0. The quantitative estimate of drug-likeness (QED) is 0.641. The van der Waals surface area contributed by atoms with E-state index in [1.54, 1.807) is 7.11 Å². The van der Waals surface area contributed by atoms with E-state index in [0.717, 1.165) is 17.9 Å². The normalized spacial score (nSPS) is 29.6. The summed E-state index contributed by atoms with van der Waals surface area (Å²) in [6.45, 7) is 6.47. The van der Waals surface area contributed by atoms with Crippen molar-refractivity contribution in [2.45, 2.75) is 27.2 Å². The van der Waals surface area contributed by atoms with E-state index < -0.39 is 0 Å². The summed E-state index contributed by atoms with van der Waals surface area (Å²) in [7, 11) is 1.74. The summed E-state index contributed by atoms with van der Waals surface area (Å²) in [5.41, 5.74) is 3.72. The largest absolute Gasteiger partial charge is 0.501 e. The van der Waals surface area contributed by atoms with Gasteiger partial charge in [-0.15, -0.1) is 0 Å². The average molecular weight is 203 g/mol. The van der Waals surface area contributed by atoms with E-state index in [1.165, 1.54) is 11.1 Å². The molecular weight excluding hydrogens is 186 g/mol. The van der Waals surface area contributed by atoms with Gasteiger partial charge < -0.3 is 4.74 Å². The zero-order chi connectivity index (χ0) is 11.1. The predicted molar refractivity (Wildman–Crippen MR) is 62.8 cm³/mol. The number of hydrogen-bond acceptors (Lipinski definition) is 2. The molecule has 0 saturated carbocycles. The first kappa shape index (κ1) is 10.2. The Morgan fingerprint density at radius 1 is 1.40 bits per heavy atom. The van der Waals surface area contributed by atoms with Crippen LogP contribution in [0.4, 0.5) is 0 Å². The zero-order valence-electron chi connectivity index (χ0n) is 9.79. The van der Waals surface area contributed by atoms with Crippen molar-refractivity contribution in [1.29, 1.82) is 0 Å². The zero-order valence-corrected chi connectivity index (χ0v) is 9.79. The van der Waals surface area contributed by atoms with Gasteiger partial charge in [0, 0.05) is 18.1 Å². The van der Waals surface area contributed by atoms with Crippen molar-refractivity contribution in [2.75, 3.05) is 7.11 Å². The maximum atomic E-state index is 5.42. The van der Waals surface area contributed by atoms with Crippen molar-refractivity contribution in [1.82, 2.24) is 0 Å². The van der Waals surface area contributed by atoms with Crippen LogP contribution in [-0.4, -0.2) is 13.3 Å². The van der Waals surface area contributed by atoms with Crippen LogP contribution < -0.4 is 0 Å². The molecule has 0 fully saturated rings. The topological polar surface area (TPSA) is 21.6 Å². The van der Waals surface area contributed by atoms with Gasteiger partial charge in [-0.3, -0.25) is 4.99 Å². The monoisotopic (exact) mass is 203 g/mol. The molecule has 0 N–H and O–H groups in total. The molecule has 1 aliphatic heterocycles. The van der Waals surface area contributed by atoms with E-state index in [2.05, 4.69) is 37.9 Å². The van der Waals surface area contributed by atoms with Gasteiger partial charge in [-0.05, 0) is 38.5 Å². The van der Waals surface area contributed by atoms with Crippen molar-refractivity contribution in [2.24, 2.45) is 10.4 Å². The minimum atomic E-state index is 0.0274. The highest BCUT2D eigenvalue weighted by molar-refractivity contribution is 5.76. The fourth-order valence-corrected chi connectivity index (χ4v) is 2.16. The molecule has 0 aromatic rings. The van der Waals surface area contributed by atoms with Gasteiger partial charge in [0.1, 0.15) is 0 Å². The highest BCUT2D eigenvalue weighted by Crippen LogP contribution is 2.46. The fraction of sp³-hybridized carbons (Fsp3) is 0.462. The summed E-state index contributed by atoms with van der Waals surface area (Å²) in [4.78, 5) is 4.46. The van der Waals surface area contributed by atoms with Crippen LogP contribution in [0.25, 0.3) is 0 Å². The van der Waals surface area contributed by atoms with Gasteiger partial charge in [0.15, 0.2) is 0 Å².